The number of ether oxygens (including phenoxy) is 1. The number of carbonyl (C=O) groups excluding carboxylic acids is 2. The van der Waals surface area contributed by atoms with Gasteiger partial charge >= 0.3 is 5.97 Å². The number of amides is 1. The molecule has 0 aliphatic rings. The van der Waals surface area contributed by atoms with Crippen molar-refractivity contribution < 1.29 is 22.7 Å². The van der Waals surface area contributed by atoms with E-state index in [1.54, 1.807) is 0 Å². The number of aromatic nitrogens is 1. The summed E-state index contributed by atoms with van der Waals surface area (Å²) in [6, 6.07) is 11.8. The van der Waals surface area contributed by atoms with Crippen LogP contribution in [0.5, 0.6) is 0 Å². The number of fused-ring (bicyclic) bond motifs is 1. The van der Waals surface area contributed by atoms with Crippen molar-refractivity contribution in [3.8, 4) is 0 Å². The molecule has 1 heterocycles. The van der Waals surface area contributed by atoms with Crippen molar-refractivity contribution in [2.45, 2.75) is 24.8 Å². The molecule has 1 aromatic heterocycles. The molecule has 10 heteroatoms. The van der Waals surface area contributed by atoms with Crippen molar-refractivity contribution in [1.82, 2.24) is 4.57 Å². The van der Waals surface area contributed by atoms with Gasteiger partial charge in [0.05, 0.1) is 28.6 Å². The first-order valence-corrected chi connectivity index (χ1v) is 10.9. The van der Waals surface area contributed by atoms with Crippen LogP contribution in [0.1, 0.15) is 11.1 Å². The lowest BCUT2D eigenvalue weighted by Crippen LogP contribution is -2.22. The summed E-state index contributed by atoms with van der Waals surface area (Å²) in [5, 5.41) is 5.19. The molecule has 29 heavy (non-hydrogen) atoms. The lowest BCUT2D eigenvalue weighted by atomic mass is 10.1. The van der Waals surface area contributed by atoms with Gasteiger partial charge in [0.15, 0.2) is 4.80 Å². The summed E-state index contributed by atoms with van der Waals surface area (Å²) in [6.45, 7) is 1.79. The summed E-state index contributed by atoms with van der Waals surface area (Å²) >= 11 is 1.10. The van der Waals surface area contributed by atoms with Crippen LogP contribution in [-0.4, -0.2) is 32.0 Å². The lowest BCUT2D eigenvalue weighted by Gasteiger charge is -2.04. The molecule has 0 aliphatic carbocycles. The van der Waals surface area contributed by atoms with Crippen LogP contribution in [0.25, 0.3) is 10.2 Å². The molecule has 0 saturated heterocycles. The highest BCUT2D eigenvalue weighted by Crippen LogP contribution is 2.21. The Labute approximate surface area is 171 Å². The van der Waals surface area contributed by atoms with Crippen molar-refractivity contribution >= 4 is 43.5 Å². The molecule has 2 N–H and O–H groups in total. The second-order valence-electron chi connectivity index (χ2n) is 6.39. The molecule has 0 bridgehead atoms. The van der Waals surface area contributed by atoms with Crippen molar-refractivity contribution in [3.05, 3.63) is 58.4 Å². The first-order chi connectivity index (χ1) is 13.7. The van der Waals surface area contributed by atoms with E-state index < -0.39 is 16.0 Å². The zero-order chi connectivity index (χ0) is 21.2. The summed E-state index contributed by atoms with van der Waals surface area (Å²) in [5.74, 6) is -0.904. The van der Waals surface area contributed by atoms with Crippen molar-refractivity contribution in [2.24, 2.45) is 10.1 Å². The van der Waals surface area contributed by atoms with Gasteiger partial charge in [-0.15, -0.1) is 0 Å². The number of rotatable bonds is 5. The topological polar surface area (TPSA) is 121 Å². The summed E-state index contributed by atoms with van der Waals surface area (Å²) in [5.41, 5.74) is 2.46. The molecule has 0 spiro atoms. The average molecular weight is 434 g/mol. The van der Waals surface area contributed by atoms with Gasteiger partial charge in [-0.3, -0.25) is 9.59 Å². The fourth-order valence-corrected chi connectivity index (χ4v) is 4.39. The molecule has 0 unspecified atom stereocenters. The van der Waals surface area contributed by atoms with Crippen LogP contribution < -0.4 is 9.94 Å². The van der Waals surface area contributed by atoms with Gasteiger partial charge in [-0.05, 0) is 30.7 Å². The number of esters is 1. The van der Waals surface area contributed by atoms with E-state index in [2.05, 4.69) is 4.99 Å². The maximum atomic E-state index is 12.5. The molecule has 152 valence electrons. The molecular formula is C19H19N3O5S2. The number of primary sulfonamides is 1. The molecule has 2 aromatic carbocycles. The number of sulfonamides is 1. The average Bonchev–Trinajstić information content (AvgIpc) is 2.99. The third kappa shape index (κ3) is 4.97. The van der Waals surface area contributed by atoms with Gasteiger partial charge in [-0.1, -0.05) is 41.2 Å². The van der Waals surface area contributed by atoms with E-state index in [0.29, 0.717) is 10.2 Å². The van der Waals surface area contributed by atoms with Crippen LogP contribution in [0, 0.1) is 6.92 Å². The number of hydrogen-bond donors (Lipinski definition) is 1. The number of benzene rings is 2. The number of nitrogens with zero attached hydrogens (tertiary/aromatic N) is 2. The van der Waals surface area contributed by atoms with Crippen LogP contribution in [0.2, 0.25) is 0 Å². The Balaban J connectivity index is 2.07. The fraction of sp³-hybridized carbons (Fsp3) is 0.211. The van der Waals surface area contributed by atoms with Crippen molar-refractivity contribution in [2.75, 3.05) is 7.11 Å². The standard InChI is InChI=1S/C19H19N3O5S2/c1-12-3-5-13(6-4-12)9-17(23)21-19-22(11-18(24)27-2)15-8-7-14(29(20,25)26)10-16(15)28-19/h3-8,10H,9,11H2,1-2H3,(H2,20,25,26). The minimum Gasteiger partial charge on any atom is -0.468 e. The fourth-order valence-electron chi connectivity index (χ4n) is 2.69. The van der Waals surface area contributed by atoms with Crippen LogP contribution >= 0.6 is 11.3 Å². The highest BCUT2D eigenvalue weighted by molar-refractivity contribution is 7.89. The second-order valence-corrected chi connectivity index (χ2v) is 8.96. The highest BCUT2D eigenvalue weighted by atomic mass is 32.2. The smallest absolute Gasteiger partial charge is 0.325 e. The van der Waals surface area contributed by atoms with E-state index in [9.17, 15) is 18.0 Å². The van der Waals surface area contributed by atoms with Crippen LogP contribution in [0.3, 0.4) is 0 Å². The molecule has 1 amide bonds. The van der Waals surface area contributed by atoms with Gasteiger partial charge in [-0.25, -0.2) is 13.6 Å². The van der Waals surface area contributed by atoms with E-state index in [0.717, 1.165) is 22.5 Å². The number of aryl methyl sites for hydroxylation is 1. The number of carbonyl (C=O) groups is 2. The van der Waals surface area contributed by atoms with Gasteiger partial charge in [0, 0.05) is 0 Å². The van der Waals surface area contributed by atoms with Crippen LogP contribution in [0.4, 0.5) is 0 Å². The Morgan fingerprint density at radius 3 is 2.48 bits per heavy atom. The zero-order valence-corrected chi connectivity index (χ0v) is 17.4. The molecule has 0 radical (unpaired) electrons. The Morgan fingerprint density at radius 1 is 1.17 bits per heavy atom. The third-order valence-electron chi connectivity index (χ3n) is 4.19. The van der Waals surface area contributed by atoms with E-state index in [1.807, 2.05) is 31.2 Å². The van der Waals surface area contributed by atoms with E-state index in [1.165, 1.54) is 29.9 Å². The van der Waals surface area contributed by atoms with Crippen molar-refractivity contribution in [1.29, 1.82) is 0 Å². The van der Waals surface area contributed by atoms with Gasteiger partial charge in [0.25, 0.3) is 5.91 Å². The zero-order valence-electron chi connectivity index (χ0n) is 15.8. The summed E-state index contributed by atoms with van der Waals surface area (Å²) in [6.07, 6.45) is 0.106. The first-order valence-electron chi connectivity index (χ1n) is 8.53. The van der Waals surface area contributed by atoms with Gasteiger partial charge in [0.2, 0.25) is 10.0 Å². The first kappa shape index (κ1) is 20.9. The van der Waals surface area contributed by atoms with Crippen LogP contribution in [-0.2, 0) is 37.3 Å². The molecule has 0 aliphatic heterocycles. The normalized spacial score (nSPS) is 12.3. The SMILES string of the molecule is COC(=O)Cn1c(=NC(=O)Cc2ccc(C)cc2)sc2cc(S(N)(=O)=O)ccc21. The molecule has 3 aromatic rings. The van der Waals surface area contributed by atoms with Crippen LogP contribution in [0.15, 0.2) is 52.4 Å². The van der Waals surface area contributed by atoms with Crippen molar-refractivity contribution in [3.63, 3.8) is 0 Å². The maximum absolute atomic E-state index is 12.5. The minimum atomic E-state index is -3.88. The number of hydrogen-bond acceptors (Lipinski definition) is 6. The van der Waals surface area contributed by atoms with E-state index in [4.69, 9.17) is 9.88 Å². The lowest BCUT2D eigenvalue weighted by molar-refractivity contribution is -0.141. The monoisotopic (exact) mass is 433 g/mol. The summed E-state index contributed by atoms with van der Waals surface area (Å²) in [4.78, 5) is 28.7. The predicted molar refractivity (Wildman–Crippen MR) is 109 cm³/mol. The molecule has 0 atom stereocenters. The Bertz CT molecular complexity index is 1260. The molecule has 8 nitrogen and oxygen atoms in total. The van der Waals surface area contributed by atoms with Gasteiger partial charge in [0.1, 0.15) is 6.54 Å². The Hall–Kier alpha value is -2.82. The third-order valence-corrected chi connectivity index (χ3v) is 6.15. The molecule has 0 saturated carbocycles. The largest absolute Gasteiger partial charge is 0.468 e. The van der Waals surface area contributed by atoms with Gasteiger partial charge in [-0.2, -0.15) is 4.99 Å². The summed E-state index contributed by atoms with van der Waals surface area (Å²) in [7, 11) is -2.62. The highest BCUT2D eigenvalue weighted by Gasteiger charge is 2.15. The summed E-state index contributed by atoms with van der Waals surface area (Å²) < 4.78 is 30.0. The molecule has 3 rings (SSSR count). The quantitative estimate of drug-likeness (QED) is 0.611. The number of methoxy groups -OCH3 is 1. The van der Waals surface area contributed by atoms with E-state index >= 15 is 0 Å². The van der Waals surface area contributed by atoms with E-state index in [-0.39, 0.29) is 28.6 Å². The van der Waals surface area contributed by atoms with Gasteiger partial charge < -0.3 is 9.30 Å². The minimum absolute atomic E-state index is 0.0611. The predicted octanol–water partition coefficient (Wildman–Crippen LogP) is 1.50. The maximum Gasteiger partial charge on any atom is 0.325 e. The number of thiazole rings is 1. The number of nitrogens with two attached hydrogens (primary N) is 1. The Kier molecular flexibility index (Phi) is 5.96. The Morgan fingerprint density at radius 2 is 1.86 bits per heavy atom. The second kappa shape index (κ2) is 8.27. The molecule has 0 fully saturated rings. The molecular weight excluding hydrogens is 414 g/mol.